The van der Waals surface area contributed by atoms with E-state index in [2.05, 4.69) is 19.2 Å². The average molecular weight is 213 g/mol. The molecule has 1 rings (SSSR count). The number of hydrogen-bond acceptors (Lipinski definition) is 2. The van der Waals surface area contributed by atoms with E-state index >= 15 is 0 Å². The van der Waals surface area contributed by atoms with E-state index in [4.69, 9.17) is 5.11 Å². The molecular formula is C11H19NO3. The molecule has 1 fully saturated rings. The Morgan fingerprint density at radius 3 is 2.40 bits per heavy atom. The van der Waals surface area contributed by atoms with Crippen molar-refractivity contribution in [3.8, 4) is 0 Å². The van der Waals surface area contributed by atoms with Gasteiger partial charge < -0.3 is 10.4 Å². The van der Waals surface area contributed by atoms with E-state index in [0.29, 0.717) is 5.92 Å². The maximum absolute atomic E-state index is 11.7. The van der Waals surface area contributed by atoms with Gasteiger partial charge in [0.15, 0.2) is 0 Å². The van der Waals surface area contributed by atoms with Crippen molar-refractivity contribution < 1.29 is 14.7 Å². The Balaban J connectivity index is 2.30. The maximum atomic E-state index is 11.7. The lowest BCUT2D eigenvalue weighted by atomic mass is 9.93. The van der Waals surface area contributed by atoms with Crippen molar-refractivity contribution in [1.82, 2.24) is 5.32 Å². The predicted octanol–water partition coefficient (Wildman–Crippen LogP) is 1.40. The Morgan fingerprint density at radius 1 is 1.40 bits per heavy atom. The summed E-state index contributed by atoms with van der Waals surface area (Å²) >= 11 is 0. The van der Waals surface area contributed by atoms with Gasteiger partial charge in [0.2, 0.25) is 5.91 Å². The highest BCUT2D eigenvalue weighted by Crippen LogP contribution is 2.50. The molecule has 4 heteroatoms. The largest absolute Gasteiger partial charge is 0.481 e. The van der Waals surface area contributed by atoms with Crippen LogP contribution >= 0.6 is 0 Å². The summed E-state index contributed by atoms with van der Waals surface area (Å²) in [7, 11) is 0. The Bertz CT molecular complexity index is 257. The van der Waals surface area contributed by atoms with Gasteiger partial charge in [-0.15, -0.1) is 0 Å². The van der Waals surface area contributed by atoms with Gasteiger partial charge in [-0.2, -0.15) is 0 Å². The number of carbonyl (C=O) groups is 2. The van der Waals surface area contributed by atoms with Gasteiger partial charge in [0.05, 0.1) is 6.42 Å². The molecule has 0 aromatic rings. The van der Waals surface area contributed by atoms with E-state index in [-0.39, 0.29) is 24.3 Å². The van der Waals surface area contributed by atoms with E-state index < -0.39 is 5.97 Å². The second-order valence-electron chi connectivity index (χ2n) is 4.78. The van der Waals surface area contributed by atoms with Crippen LogP contribution in [0, 0.1) is 11.3 Å². The highest BCUT2D eigenvalue weighted by atomic mass is 16.4. The predicted molar refractivity (Wildman–Crippen MR) is 56.4 cm³/mol. The van der Waals surface area contributed by atoms with Crippen molar-refractivity contribution in [1.29, 1.82) is 0 Å². The molecule has 0 heterocycles. The lowest BCUT2D eigenvalue weighted by molar-refractivity contribution is -0.137. The molecule has 4 nitrogen and oxygen atoms in total. The van der Waals surface area contributed by atoms with Crippen LogP contribution in [0.5, 0.6) is 0 Å². The number of nitrogens with one attached hydrogen (secondary N) is 1. The normalized spacial score (nSPS) is 17.5. The third kappa shape index (κ3) is 3.53. The van der Waals surface area contributed by atoms with Crippen LogP contribution in [0.15, 0.2) is 0 Å². The van der Waals surface area contributed by atoms with Gasteiger partial charge in [-0.05, 0) is 25.2 Å². The maximum Gasteiger partial charge on any atom is 0.305 e. The Morgan fingerprint density at radius 2 is 2.00 bits per heavy atom. The summed E-state index contributed by atoms with van der Waals surface area (Å²) in [5.74, 6) is -0.320. The highest BCUT2D eigenvalue weighted by molar-refractivity contribution is 5.85. The summed E-state index contributed by atoms with van der Waals surface area (Å²) < 4.78 is 0. The van der Waals surface area contributed by atoms with E-state index in [1.807, 2.05) is 0 Å². The number of hydrogen-bond donors (Lipinski definition) is 2. The van der Waals surface area contributed by atoms with Crippen molar-refractivity contribution in [3.63, 3.8) is 0 Å². The summed E-state index contributed by atoms with van der Waals surface area (Å²) in [5.41, 5.74) is -0.174. The van der Waals surface area contributed by atoms with Crippen molar-refractivity contribution >= 4 is 11.9 Å². The van der Waals surface area contributed by atoms with Gasteiger partial charge >= 0.3 is 5.97 Å². The Kier molecular flexibility index (Phi) is 3.72. The van der Waals surface area contributed by atoms with Gasteiger partial charge in [-0.1, -0.05) is 13.8 Å². The van der Waals surface area contributed by atoms with Gasteiger partial charge in [0, 0.05) is 12.0 Å². The summed E-state index contributed by atoms with van der Waals surface area (Å²) in [6.07, 6.45) is 2.81. The van der Waals surface area contributed by atoms with Crippen LogP contribution < -0.4 is 5.32 Å². The number of carboxylic acids is 1. The molecule has 1 amide bonds. The van der Waals surface area contributed by atoms with Crippen LogP contribution in [0.3, 0.4) is 0 Å². The zero-order chi connectivity index (χ0) is 11.5. The zero-order valence-corrected chi connectivity index (χ0v) is 9.38. The minimum Gasteiger partial charge on any atom is -0.481 e. The van der Waals surface area contributed by atoms with Crippen LogP contribution in [0.4, 0.5) is 0 Å². The van der Waals surface area contributed by atoms with Crippen LogP contribution in [0.25, 0.3) is 0 Å². The standard InChI is InChI=1S/C11H19NO3/c1-8(2)7-11(4-5-11)10(15)12-6-3-9(13)14/h8H,3-7H2,1-2H3,(H,12,15)(H,13,14). The summed E-state index contributed by atoms with van der Waals surface area (Å²) in [4.78, 5) is 22.0. The summed E-state index contributed by atoms with van der Waals surface area (Å²) in [5, 5.41) is 11.1. The molecule has 0 atom stereocenters. The molecule has 1 aliphatic carbocycles. The zero-order valence-electron chi connectivity index (χ0n) is 9.38. The quantitative estimate of drug-likeness (QED) is 0.701. The molecule has 1 aliphatic rings. The molecule has 0 aliphatic heterocycles. The molecule has 1 saturated carbocycles. The molecule has 0 spiro atoms. The smallest absolute Gasteiger partial charge is 0.305 e. The SMILES string of the molecule is CC(C)CC1(C(=O)NCCC(=O)O)CC1. The second kappa shape index (κ2) is 4.64. The van der Waals surface area contributed by atoms with E-state index in [0.717, 1.165) is 19.3 Å². The average Bonchev–Trinajstić information content (AvgIpc) is 2.83. The second-order valence-corrected chi connectivity index (χ2v) is 4.78. The summed E-state index contributed by atoms with van der Waals surface area (Å²) in [6.45, 7) is 4.45. The first-order chi connectivity index (χ1) is 6.96. The number of amides is 1. The fourth-order valence-corrected chi connectivity index (χ4v) is 1.93. The van der Waals surface area contributed by atoms with E-state index in [1.165, 1.54) is 0 Å². The Labute approximate surface area is 90.0 Å². The lowest BCUT2D eigenvalue weighted by Crippen LogP contribution is -2.34. The lowest BCUT2D eigenvalue weighted by Gasteiger charge is -2.16. The van der Waals surface area contributed by atoms with Gasteiger partial charge in [-0.3, -0.25) is 9.59 Å². The molecule has 15 heavy (non-hydrogen) atoms. The van der Waals surface area contributed by atoms with Crippen LogP contribution in [-0.2, 0) is 9.59 Å². The Hall–Kier alpha value is -1.06. The first kappa shape index (κ1) is 12.0. The molecular weight excluding hydrogens is 194 g/mol. The van der Waals surface area contributed by atoms with Crippen molar-refractivity contribution in [3.05, 3.63) is 0 Å². The molecule has 0 aromatic heterocycles. The third-order valence-corrected chi connectivity index (χ3v) is 2.76. The monoisotopic (exact) mass is 213 g/mol. The number of carboxylic acid groups (broad SMARTS) is 1. The molecule has 86 valence electrons. The van der Waals surface area contributed by atoms with Crippen molar-refractivity contribution in [2.75, 3.05) is 6.54 Å². The van der Waals surface area contributed by atoms with Gasteiger partial charge in [-0.25, -0.2) is 0 Å². The van der Waals surface area contributed by atoms with Crippen LogP contribution in [0.1, 0.15) is 39.5 Å². The minimum atomic E-state index is -0.871. The summed E-state index contributed by atoms with van der Waals surface area (Å²) in [6, 6.07) is 0. The van der Waals surface area contributed by atoms with E-state index in [1.54, 1.807) is 0 Å². The number of carbonyl (C=O) groups excluding carboxylic acids is 1. The molecule has 0 saturated heterocycles. The number of rotatable bonds is 6. The fraction of sp³-hybridized carbons (Fsp3) is 0.818. The van der Waals surface area contributed by atoms with Crippen LogP contribution in [-0.4, -0.2) is 23.5 Å². The molecule has 0 bridgehead atoms. The van der Waals surface area contributed by atoms with Crippen molar-refractivity contribution in [2.24, 2.45) is 11.3 Å². The highest BCUT2D eigenvalue weighted by Gasteiger charge is 2.49. The minimum absolute atomic E-state index is 0.00347. The van der Waals surface area contributed by atoms with E-state index in [9.17, 15) is 9.59 Å². The van der Waals surface area contributed by atoms with Gasteiger partial charge in [0.25, 0.3) is 0 Å². The molecule has 0 radical (unpaired) electrons. The molecule has 2 N–H and O–H groups in total. The molecule has 0 unspecified atom stereocenters. The van der Waals surface area contributed by atoms with Gasteiger partial charge in [0.1, 0.15) is 0 Å². The topological polar surface area (TPSA) is 66.4 Å². The number of aliphatic carboxylic acids is 1. The third-order valence-electron chi connectivity index (χ3n) is 2.76. The van der Waals surface area contributed by atoms with Crippen molar-refractivity contribution in [2.45, 2.75) is 39.5 Å². The molecule has 0 aromatic carbocycles. The van der Waals surface area contributed by atoms with Crippen LogP contribution in [0.2, 0.25) is 0 Å². The first-order valence-corrected chi connectivity index (χ1v) is 5.46. The first-order valence-electron chi connectivity index (χ1n) is 5.46. The fourth-order valence-electron chi connectivity index (χ4n) is 1.93.